The summed E-state index contributed by atoms with van der Waals surface area (Å²) in [6, 6.07) is 3.27. The highest BCUT2D eigenvalue weighted by Gasteiger charge is 2.56. The molecule has 0 saturated carbocycles. The van der Waals surface area contributed by atoms with E-state index >= 15 is 0 Å². The van der Waals surface area contributed by atoms with Crippen molar-refractivity contribution in [2.45, 2.75) is 567 Å². The van der Waals surface area contributed by atoms with Crippen molar-refractivity contribution in [3.63, 3.8) is 0 Å². The van der Waals surface area contributed by atoms with Gasteiger partial charge in [0.25, 0.3) is 0 Å². The van der Waals surface area contributed by atoms with Crippen LogP contribution < -0.4 is 0 Å². The maximum absolute atomic E-state index is 6.22. The van der Waals surface area contributed by atoms with Crippen molar-refractivity contribution in [3.8, 4) is 0 Å². The fraction of sp³-hybridized carbons (Fsp3) is 1.00. The number of morpholine rings is 1. The predicted octanol–water partition coefficient (Wildman–Crippen LogP) is 25.3. The number of hydrogen-bond donors (Lipinski definition) is 0. The van der Waals surface area contributed by atoms with E-state index in [0.29, 0.717) is 93.8 Å². The van der Waals surface area contributed by atoms with Crippen LogP contribution in [0.3, 0.4) is 0 Å². The van der Waals surface area contributed by atoms with Crippen molar-refractivity contribution in [2.75, 3.05) is 196 Å². The van der Waals surface area contributed by atoms with Crippen molar-refractivity contribution < 1.29 is 4.74 Å². The Bertz CT molecular complexity index is 3610. The summed E-state index contributed by atoms with van der Waals surface area (Å²) in [6.07, 6.45) is 28.0. The average Bonchev–Trinajstić information content (AvgIpc) is 1.58. The lowest BCUT2D eigenvalue weighted by molar-refractivity contribution is -0.156. The van der Waals surface area contributed by atoms with Crippen LogP contribution in [0.1, 0.15) is 454 Å². The molecule has 17 heterocycles. The zero-order valence-electron chi connectivity index (χ0n) is 106. The molecule has 17 nitrogen and oxygen atoms in total. The van der Waals surface area contributed by atoms with Crippen LogP contribution in [0, 0.1) is 57.7 Å². The summed E-state index contributed by atoms with van der Waals surface area (Å²) in [5, 5.41) is 0. The van der Waals surface area contributed by atoms with Crippen LogP contribution in [0.2, 0.25) is 0 Å². The molecule has 0 N–H and O–H groups in total. The minimum Gasteiger partial charge on any atom is -0.372 e. The Morgan fingerprint density at radius 1 is 0.201 bits per heavy atom. The molecule has 9 atom stereocenters. The maximum Gasteiger partial charge on any atom is 0.0834 e. The first-order valence-corrected chi connectivity index (χ1v) is 61.1. The van der Waals surface area contributed by atoms with Crippen molar-refractivity contribution in [3.05, 3.63) is 0 Å². The van der Waals surface area contributed by atoms with Gasteiger partial charge < -0.3 is 4.74 Å². The second-order valence-electron chi connectivity index (χ2n) is 66.5. The number of nitrogens with zero attached hydrogens (tertiary/aromatic N) is 16. The number of piperidine rings is 8. The second kappa shape index (κ2) is 47.2. The molecule has 17 aliphatic heterocycles. The Balaban J connectivity index is 0.000000169. The first-order valence-electron chi connectivity index (χ1n) is 61.1. The van der Waals surface area contributed by atoms with Crippen molar-refractivity contribution in [1.29, 1.82) is 0 Å². The van der Waals surface area contributed by atoms with Gasteiger partial charge in [-0.15, -0.1) is 0 Å². The Morgan fingerprint density at radius 2 is 0.458 bits per heavy atom. The first-order chi connectivity index (χ1) is 65.4. The molecule has 144 heavy (non-hydrogen) atoms. The molecule has 2 bridgehead atoms. The van der Waals surface area contributed by atoms with E-state index in [1.165, 1.54) is 305 Å². The summed E-state index contributed by atoms with van der Waals surface area (Å²) in [7, 11) is 0. The van der Waals surface area contributed by atoms with E-state index in [9.17, 15) is 0 Å². The molecule has 0 radical (unpaired) electrons. The largest absolute Gasteiger partial charge is 0.372 e. The number of hydrogen-bond acceptors (Lipinski definition) is 17. The molecular weight excluding hydrogens is 1770 g/mol. The number of likely N-dealkylation sites (tertiary alicyclic amines) is 14. The number of rotatable bonds is 2. The standard InChI is InChI=1S/C18H34N2.C18H36N2.C17H34N2.C16H32N2O.3C15H30N2.C13H26N2/c1-16(2,3)19-10-9-18(13-19)11-14-7-8-15(12-18)20(14)17(4,5)6;1-17(2,3)19-12-9-15(10-13-19)16-8-7-11-20(14-16)18(4,5)6;1-15(2,3)18-11-7-17(8-12-18)9-13-19(14-10-17)16(4,5)6;1-14(2,3)17-9-7-16(8-10-17)13-18(11-12-19-16)15(4,5)6;1-13(2,3)16-9-7-15(11-16)8-10-17(12-15)14(4,5)6;2*1-14(2,3)16-8-7-12-9-17(15(4,5)6)11-13(12)10-16;1-10(2)15-7-6-11-8-14(9-12(11)15)13(3,4)5/h14-15H,7-13H2,1-6H3;15-16H,7-14H2,1-6H3;7-14H2,1-6H3;7-13H2,1-6H3;7-12H2,1-6H3;2*12-13H,7-11H2,1-6H3;10-12H,6-9H2,1-5H3/t;;;;;12-,13+;;11-,12+/m.....1.1/s1. The highest BCUT2D eigenvalue weighted by atomic mass is 16.5. The fourth-order valence-electron chi connectivity index (χ4n) is 29.7. The van der Waals surface area contributed by atoms with Crippen LogP contribution in [0.5, 0.6) is 0 Å². The van der Waals surface area contributed by atoms with E-state index in [1.54, 1.807) is 0 Å². The van der Waals surface area contributed by atoms with Crippen molar-refractivity contribution >= 4 is 0 Å². The lowest BCUT2D eigenvalue weighted by atomic mass is 9.70. The van der Waals surface area contributed by atoms with Crippen molar-refractivity contribution in [2.24, 2.45) is 57.7 Å². The van der Waals surface area contributed by atoms with E-state index < -0.39 is 0 Å². The third kappa shape index (κ3) is 34.4. The van der Waals surface area contributed by atoms with E-state index in [1.807, 2.05) is 0 Å². The van der Waals surface area contributed by atoms with Crippen LogP contribution >= 0.6 is 0 Å². The third-order valence-electron chi connectivity index (χ3n) is 40.4. The molecule has 846 valence electrons. The Kier molecular flexibility index (Phi) is 41.0. The molecular formula is C127H252N16O. The highest BCUT2D eigenvalue weighted by molar-refractivity contribution is 5.11. The minimum atomic E-state index is 0.118. The minimum absolute atomic E-state index is 0.118. The van der Waals surface area contributed by atoms with Gasteiger partial charge >= 0.3 is 0 Å². The van der Waals surface area contributed by atoms with Gasteiger partial charge in [0.05, 0.1) is 12.2 Å². The average molecular weight is 2020 g/mol. The van der Waals surface area contributed by atoms with Crippen LogP contribution in [0.15, 0.2) is 0 Å². The highest BCUT2D eigenvalue weighted by Crippen LogP contribution is 2.55. The third-order valence-corrected chi connectivity index (χ3v) is 40.4. The summed E-state index contributed by atoms with van der Waals surface area (Å²) in [5.41, 5.74) is 7.15. The SMILES string of the molecule is CC(C)(C)N1CCC(C2CCCN(C(C)(C)C)C2)CC1.CC(C)(C)N1CCC2(CC1)CCN(C(C)(C)C)CC2.CC(C)(C)N1CCC2(CC1)CN(C(C)(C)C)CCO2.CC(C)(C)N1CCC2(CC3CCC(C2)N3C(C)(C)C)C1.CC(C)(C)N1CCC2(CCN(C(C)(C)C)C2)C1.CC(C)(C)N1CCC2CN(C(C)(C)C)CC2C1.CC(C)(C)N1CC[C@@H]2CN(C(C)(C)C)C[C@@H]2C1.CC(C)N1CC[C@@H]2CN(C(C)(C)C)C[C@@H]21. The van der Waals surface area contributed by atoms with Crippen LogP contribution in [0.25, 0.3) is 0 Å². The first kappa shape index (κ1) is 125. The molecule has 17 aliphatic rings. The van der Waals surface area contributed by atoms with Gasteiger partial charge in [-0.05, 0) is 597 Å². The number of ether oxygens (including phenoxy) is 1. The molecule has 0 amide bonds. The topological polar surface area (TPSA) is 61.1 Å². The molecule has 0 aromatic rings. The van der Waals surface area contributed by atoms with Gasteiger partial charge in [0.15, 0.2) is 0 Å². The summed E-state index contributed by atoms with van der Waals surface area (Å²) in [5.74, 6) is 6.57. The van der Waals surface area contributed by atoms with Crippen LogP contribution in [-0.2, 0) is 4.74 Å². The van der Waals surface area contributed by atoms with Gasteiger partial charge in [-0.3, -0.25) is 78.4 Å². The van der Waals surface area contributed by atoms with Gasteiger partial charge in [0.1, 0.15) is 0 Å². The molecule has 0 aromatic heterocycles. The lowest BCUT2D eigenvalue weighted by Gasteiger charge is -2.52. The van der Waals surface area contributed by atoms with Crippen LogP contribution in [0.4, 0.5) is 0 Å². The van der Waals surface area contributed by atoms with E-state index in [4.69, 9.17) is 4.74 Å². The smallest absolute Gasteiger partial charge is 0.0834 e. The Labute approximate surface area is 898 Å². The molecule has 17 rings (SSSR count). The zero-order chi connectivity index (χ0) is 108. The zero-order valence-corrected chi connectivity index (χ0v) is 106. The second-order valence-corrected chi connectivity index (χ2v) is 66.5. The molecule has 17 heteroatoms. The number of fused-ring (bicyclic) bond motifs is 5. The molecule has 0 aliphatic carbocycles. The monoisotopic (exact) mass is 2020 g/mol. The summed E-state index contributed by atoms with van der Waals surface area (Å²) in [6.45, 7) is 149. The van der Waals surface area contributed by atoms with Gasteiger partial charge in [-0.1, -0.05) is 0 Å². The summed E-state index contributed by atoms with van der Waals surface area (Å²) < 4.78 is 6.22. The van der Waals surface area contributed by atoms with Gasteiger partial charge in [0.2, 0.25) is 0 Å². The van der Waals surface area contributed by atoms with Gasteiger partial charge in [-0.25, -0.2) is 0 Å². The molecule has 0 aromatic carbocycles. The fourth-order valence-corrected chi connectivity index (χ4v) is 29.7. The van der Waals surface area contributed by atoms with Gasteiger partial charge in [-0.2, -0.15) is 0 Å². The molecule has 17 fully saturated rings. The Hall–Kier alpha value is -0.680. The molecule has 5 unspecified atom stereocenters. The molecule has 4 spiro atoms. The van der Waals surface area contributed by atoms with Gasteiger partial charge in [0, 0.05) is 212 Å². The quantitative estimate of drug-likeness (QED) is 0.263. The van der Waals surface area contributed by atoms with Crippen LogP contribution in [-0.4, -0.2) is 388 Å². The normalized spacial score (nSPS) is 31.1. The predicted molar refractivity (Wildman–Crippen MR) is 626 cm³/mol. The molecule has 17 saturated heterocycles. The summed E-state index contributed by atoms with van der Waals surface area (Å²) in [4.78, 5) is 43.0. The van der Waals surface area contributed by atoms with E-state index in [-0.39, 0.29) is 11.1 Å². The maximum atomic E-state index is 6.22. The Morgan fingerprint density at radius 3 is 0.806 bits per heavy atom. The summed E-state index contributed by atoms with van der Waals surface area (Å²) >= 11 is 0. The van der Waals surface area contributed by atoms with E-state index in [0.717, 1.165) is 85.3 Å². The van der Waals surface area contributed by atoms with E-state index in [2.05, 4.69) is 404 Å². The lowest BCUT2D eigenvalue weighted by Crippen LogP contribution is -2.62. The van der Waals surface area contributed by atoms with Crippen molar-refractivity contribution in [1.82, 2.24) is 78.4 Å².